The number of hydrogen-bond acceptors (Lipinski definition) is 4. The first-order chi connectivity index (χ1) is 12.6. The Bertz CT molecular complexity index is 818. The van der Waals surface area contributed by atoms with Crippen molar-refractivity contribution in [1.82, 2.24) is 20.1 Å². The fourth-order valence-electron chi connectivity index (χ4n) is 2.89. The van der Waals surface area contributed by atoms with Gasteiger partial charge in [0.1, 0.15) is 11.9 Å². The molecule has 0 spiro atoms. The van der Waals surface area contributed by atoms with Crippen molar-refractivity contribution in [2.45, 2.75) is 25.9 Å². The minimum absolute atomic E-state index is 0.436. The first-order valence-electron chi connectivity index (χ1n) is 8.75. The molecule has 0 saturated carbocycles. The second-order valence-corrected chi connectivity index (χ2v) is 6.66. The summed E-state index contributed by atoms with van der Waals surface area (Å²) in [7, 11) is 0. The monoisotopic (exact) mass is 370 g/mol. The van der Waals surface area contributed by atoms with Gasteiger partial charge in [0.2, 0.25) is 0 Å². The molecule has 0 amide bonds. The van der Waals surface area contributed by atoms with E-state index in [-0.39, 0.29) is 0 Å². The van der Waals surface area contributed by atoms with Crippen molar-refractivity contribution in [3.63, 3.8) is 0 Å². The molecule has 3 rings (SSSR count). The lowest BCUT2D eigenvalue weighted by Gasteiger charge is -2.14. The molecular formula is C20H23ClN4O. The predicted molar refractivity (Wildman–Crippen MR) is 104 cm³/mol. The van der Waals surface area contributed by atoms with E-state index in [1.165, 1.54) is 5.56 Å². The minimum Gasteiger partial charge on any atom is -0.384 e. The molecule has 1 aromatic heterocycles. The number of nitrogens with one attached hydrogen (secondary N) is 1. The number of halogens is 1. The van der Waals surface area contributed by atoms with Crippen LogP contribution in [0.5, 0.6) is 0 Å². The average Bonchev–Trinajstić information content (AvgIpc) is 3.05. The van der Waals surface area contributed by atoms with Gasteiger partial charge in [0.15, 0.2) is 5.82 Å². The van der Waals surface area contributed by atoms with E-state index >= 15 is 0 Å². The van der Waals surface area contributed by atoms with Crippen molar-refractivity contribution < 1.29 is 5.11 Å². The molecule has 136 valence electrons. The quantitative estimate of drug-likeness (QED) is 0.596. The van der Waals surface area contributed by atoms with Gasteiger partial charge in [-0.25, -0.2) is 0 Å². The molecule has 3 aromatic rings. The van der Waals surface area contributed by atoms with Crippen molar-refractivity contribution in [3.05, 3.63) is 76.8 Å². The molecule has 2 aromatic carbocycles. The van der Waals surface area contributed by atoms with Crippen LogP contribution in [0.15, 0.2) is 54.6 Å². The van der Waals surface area contributed by atoms with Gasteiger partial charge < -0.3 is 10.4 Å². The summed E-state index contributed by atoms with van der Waals surface area (Å²) < 4.78 is 1.89. The van der Waals surface area contributed by atoms with Crippen molar-refractivity contribution in [2.24, 2.45) is 0 Å². The van der Waals surface area contributed by atoms with E-state index < -0.39 is 6.10 Å². The highest BCUT2D eigenvalue weighted by molar-refractivity contribution is 6.30. The second-order valence-electron chi connectivity index (χ2n) is 6.23. The van der Waals surface area contributed by atoms with Crippen LogP contribution in [0.25, 0.3) is 5.69 Å². The molecule has 1 unspecified atom stereocenters. The summed E-state index contributed by atoms with van der Waals surface area (Å²) in [5.41, 5.74) is 2.21. The SMILES string of the molecule is Cc1nnc(C(O)CNCCCc2ccc(Cl)cc2)n1-c1ccccc1. The second kappa shape index (κ2) is 8.94. The lowest BCUT2D eigenvalue weighted by molar-refractivity contribution is 0.163. The van der Waals surface area contributed by atoms with Crippen molar-refractivity contribution in [3.8, 4) is 5.69 Å². The molecule has 0 aliphatic rings. The third-order valence-corrected chi connectivity index (χ3v) is 4.48. The molecular weight excluding hydrogens is 348 g/mol. The van der Waals surface area contributed by atoms with Crippen LogP contribution >= 0.6 is 11.6 Å². The Morgan fingerprint density at radius 2 is 1.81 bits per heavy atom. The van der Waals surface area contributed by atoms with Gasteiger partial charge in [-0.05, 0) is 56.1 Å². The fraction of sp³-hybridized carbons (Fsp3) is 0.300. The molecule has 0 aliphatic heterocycles. The number of hydrogen-bond donors (Lipinski definition) is 2. The summed E-state index contributed by atoms with van der Waals surface area (Å²) in [5, 5.41) is 22.9. The molecule has 0 radical (unpaired) electrons. The third-order valence-electron chi connectivity index (χ3n) is 4.23. The van der Waals surface area contributed by atoms with Gasteiger partial charge in [0.05, 0.1) is 0 Å². The average molecular weight is 371 g/mol. The van der Waals surface area contributed by atoms with E-state index in [9.17, 15) is 5.11 Å². The molecule has 26 heavy (non-hydrogen) atoms. The van der Waals surface area contributed by atoms with E-state index in [1.807, 2.05) is 66.1 Å². The topological polar surface area (TPSA) is 63.0 Å². The first-order valence-corrected chi connectivity index (χ1v) is 9.13. The normalized spacial score (nSPS) is 12.3. The Hall–Kier alpha value is -2.21. The van der Waals surface area contributed by atoms with E-state index in [1.54, 1.807) is 0 Å². The van der Waals surface area contributed by atoms with Gasteiger partial charge in [-0.2, -0.15) is 0 Å². The summed E-state index contributed by atoms with van der Waals surface area (Å²) >= 11 is 5.89. The zero-order valence-corrected chi connectivity index (χ0v) is 15.5. The van der Waals surface area contributed by atoms with E-state index in [0.717, 1.165) is 35.9 Å². The Labute approximate surface area is 158 Å². The van der Waals surface area contributed by atoms with Crippen LogP contribution in [0.2, 0.25) is 5.02 Å². The third kappa shape index (κ3) is 4.69. The zero-order valence-electron chi connectivity index (χ0n) is 14.8. The van der Waals surface area contributed by atoms with Gasteiger partial charge >= 0.3 is 0 Å². The van der Waals surface area contributed by atoms with Gasteiger partial charge in [0.25, 0.3) is 0 Å². The Balaban J connectivity index is 1.51. The fourth-order valence-corrected chi connectivity index (χ4v) is 3.02. The van der Waals surface area contributed by atoms with Crippen LogP contribution < -0.4 is 5.32 Å². The number of para-hydroxylation sites is 1. The molecule has 5 nitrogen and oxygen atoms in total. The Morgan fingerprint density at radius 1 is 1.08 bits per heavy atom. The minimum atomic E-state index is -0.716. The van der Waals surface area contributed by atoms with Crippen molar-refractivity contribution in [2.75, 3.05) is 13.1 Å². The number of benzene rings is 2. The number of rotatable bonds is 8. The highest BCUT2D eigenvalue weighted by Gasteiger charge is 2.18. The Kier molecular flexibility index (Phi) is 6.39. The van der Waals surface area contributed by atoms with Crippen LogP contribution in [0.1, 0.15) is 29.7 Å². The van der Waals surface area contributed by atoms with Crippen LogP contribution in [0.3, 0.4) is 0 Å². The smallest absolute Gasteiger partial charge is 0.167 e. The maximum Gasteiger partial charge on any atom is 0.167 e. The van der Waals surface area contributed by atoms with Crippen LogP contribution in [-0.4, -0.2) is 33.0 Å². The summed E-state index contributed by atoms with van der Waals surface area (Å²) in [5.74, 6) is 1.31. The molecule has 1 atom stereocenters. The van der Waals surface area contributed by atoms with E-state index in [4.69, 9.17) is 11.6 Å². The number of nitrogens with zero attached hydrogens (tertiary/aromatic N) is 3. The highest BCUT2D eigenvalue weighted by atomic mass is 35.5. The number of aliphatic hydroxyl groups is 1. The van der Waals surface area contributed by atoms with Gasteiger partial charge in [-0.3, -0.25) is 4.57 Å². The molecule has 0 aliphatic carbocycles. The molecule has 1 heterocycles. The number of aliphatic hydroxyl groups excluding tert-OH is 1. The molecule has 0 fully saturated rings. The maximum absolute atomic E-state index is 10.5. The summed E-state index contributed by atoms with van der Waals surface area (Å²) in [4.78, 5) is 0. The van der Waals surface area contributed by atoms with Gasteiger partial charge in [-0.1, -0.05) is 41.9 Å². The van der Waals surface area contributed by atoms with E-state index in [0.29, 0.717) is 12.4 Å². The van der Waals surface area contributed by atoms with E-state index in [2.05, 4.69) is 15.5 Å². The molecule has 0 bridgehead atoms. The van der Waals surface area contributed by atoms with Crippen molar-refractivity contribution in [1.29, 1.82) is 0 Å². The summed E-state index contributed by atoms with van der Waals surface area (Å²) in [6, 6.07) is 17.7. The lowest BCUT2D eigenvalue weighted by Crippen LogP contribution is -2.25. The van der Waals surface area contributed by atoms with Crippen LogP contribution in [0.4, 0.5) is 0 Å². The maximum atomic E-state index is 10.5. The standard InChI is InChI=1S/C20H23ClN4O/c1-15-23-24-20(25(15)18-7-3-2-4-8-18)19(26)14-22-13-5-6-16-9-11-17(21)12-10-16/h2-4,7-12,19,22,26H,5-6,13-14H2,1H3. The summed E-state index contributed by atoms with van der Waals surface area (Å²) in [6.45, 7) is 3.14. The number of aryl methyl sites for hydroxylation is 2. The van der Waals surface area contributed by atoms with Crippen LogP contribution in [0, 0.1) is 6.92 Å². The molecule has 0 saturated heterocycles. The predicted octanol–water partition coefficient (Wildman–Crippen LogP) is 3.48. The molecule has 6 heteroatoms. The van der Waals surface area contributed by atoms with Crippen LogP contribution in [-0.2, 0) is 6.42 Å². The first kappa shape index (κ1) is 18.6. The summed E-state index contributed by atoms with van der Waals surface area (Å²) in [6.07, 6.45) is 1.24. The zero-order chi connectivity index (χ0) is 18.4. The lowest BCUT2D eigenvalue weighted by atomic mass is 10.1. The van der Waals surface area contributed by atoms with Gasteiger partial charge in [0, 0.05) is 17.3 Å². The largest absolute Gasteiger partial charge is 0.384 e. The van der Waals surface area contributed by atoms with Gasteiger partial charge in [-0.15, -0.1) is 10.2 Å². The Morgan fingerprint density at radius 3 is 2.54 bits per heavy atom. The van der Waals surface area contributed by atoms with Crippen molar-refractivity contribution >= 4 is 11.6 Å². The number of aromatic nitrogens is 3. The highest BCUT2D eigenvalue weighted by Crippen LogP contribution is 2.17. The molecule has 2 N–H and O–H groups in total.